The summed E-state index contributed by atoms with van der Waals surface area (Å²) in [6, 6.07) is 20.0. The predicted molar refractivity (Wildman–Crippen MR) is 124 cm³/mol. The first-order chi connectivity index (χ1) is 15.5. The van der Waals surface area contributed by atoms with Crippen molar-refractivity contribution < 1.29 is 9.72 Å². The van der Waals surface area contributed by atoms with E-state index in [-0.39, 0.29) is 11.6 Å². The number of benzene rings is 3. The molecule has 32 heavy (non-hydrogen) atoms. The molecule has 1 N–H and O–H groups in total. The summed E-state index contributed by atoms with van der Waals surface area (Å²) in [5.41, 5.74) is 7.07. The molecule has 0 spiro atoms. The minimum absolute atomic E-state index is 0.102. The molecule has 0 aromatic heterocycles. The number of carbonyl (C=O) groups is 1. The Labute approximate surface area is 190 Å². The fraction of sp³-hybridized carbons (Fsp3) is 0.167. The van der Waals surface area contributed by atoms with Crippen LogP contribution >= 0.6 is 11.6 Å². The van der Waals surface area contributed by atoms with Gasteiger partial charge in [-0.15, -0.1) is 0 Å². The highest BCUT2D eigenvalue weighted by Crippen LogP contribution is 2.21. The van der Waals surface area contributed by atoms with Gasteiger partial charge in [0.05, 0.1) is 11.1 Å². The Morgan fingerprint density at radius 1 is 1.12 bits per heavy atom. The number of fused-ring (bicyclic) bond motifs is 1. The van der Waals surface area contributed by atoms with Gasteiger partial charge in [-0.25, -0.2) is 5.43 Å². The van der Waals surface area contributed by atoms with Crippen molar-refractivity contribution in [1.29, 1.82) is 0 Å². The molecule has 1 aliphatic heterocycles. The van der Waals surface area contributed by atoms with Crippen LogP contribution in [0.3, 0.4) is 0 Å². The SMILES string of the molecule is O=C(NN=Cc1cc([N+](=O)[O-])ccc1Cl)c1ccc(CN2CCc3ccccc3C2)cc1. The lowest BCUT2D eigenvalue weighted by Crippen LogP contribution is -2.30. The van der Waals surface area contributed by atoms with E-state index in [4.69, 9.17) is 11.6 Å². The molecule has 0 aliphatic carbocycles. The molecule has 3 aromatic rings. The Balaban J connectivity index is 1.34. The summed E-state index contributed by atoms with van der Waals surface area (Å²) >= 11 is 6.03. The Morgan fingerprint density at radius 3 is 2.62 bits per heavy atom. The number of amides is 1. The van der Waals surface area contributed by atoms with Crippen molar-refractivity contribution in [2.45, 2.75) is 19.5 Å². The first kappa shape index (κ1) is 21.7. The van der Waals surface area contributed by atoms with Crippen LogP contribution in [0.25, 0.3) is 0 Å². The summed E-state index contributed by atoms with van der Waals surface area (Å²) in [5, 5.41) is 15.1. The summed E-state index contributed by atoms with van der Waals surface area (Å²) in [7, 11) is 0. The van der Waals surface area contributed by atoms with Gasteiger partial charge in [-0.3, -0.25) is 19.8 Å². The lowest BCUT2D eigenvalue weighted by Gasteiger charge is -2.28. The number of hydrogen-bond acceptors (Lipinski definition) is 5. The van der Waals surface area contributed by atoms with Gasteiger partial charge in [-0.05, 0) is 41.3 Å². The monoisotopic (exact) mass is 448 g/mol. The zero-order chi connectivity index (χ0) is 22.5. The van der Waals surface area contributed by atoms with Gasteiger partial charge in [0, 0.05) is 47.9 Å². The number of hydrazone groups is 1. The average molecular weight is 449 g/mol. The van der Waals surface area contributed by atoms with Gasteiger partial charge in [0.25, 0.3) is 11.6 Å². The lowest BCUT2D eigenvalue weighted by molar-refractivity contribution is -0.384. The molecule has 7 nitrogen and oxygen atoms in total. The number of nitro groups is 1. The zero-order valence-corrected chi connectivity index (χ0v) is 18.0. The zero-order valence-electron chi connectivity index (χ0n) is 17.2. The Morgan fingerprint density at radius 2 is 1.88 bits per heavy atom. The van der Waals surface area contributed by atoms with Crippen molar-refractivity contribution in [2.75, 3.05) is 6.54 Å². The molecular formula is C24H21ClN4O3. The van der Waals surface area contributed by atoms with Gasteiger partial charge in [0.2, 0.25) is 0 Å². The lowest BCUT2D eigenvalue weighted by atomic mass is 9.99. The minimum Gasteiger partial charge on any atom is -0.294 e. The van der Waals surface area contributed by atoms with Crippen molar-refractivity contribution >= 4 is 29.4 Å². The number of carbonyl (C=O) groups excluding carboxylic acids is 1. The standard InChI is InChI=1S/C24H21ClN4O3/c25-23-10-9-22(29(31)32)13-21(23)14-26-27-24(30)19-7-5-17(6-8-19)15-28-12-11-18-3-1-2-4-20(18)16-28/h1-10,13-14H,11-12,15-16H2,(H,27,30). The first-order valence-corrected chi connectivity index (χ1v) is 10.5. The largest absolute Gasteiger partial charge is 0.294 e. The van der Waals surface area contributed by atoms with Crippen molar-refractivity contribution in [3.63, 3.8) is 0 Å². The van der Waals surface area contributed by atoms with E-state index >= 15 is 0 Å². The molecule has 162 valence electrons. The molecule has 4 rings (SSSR count). The fourth-order valence-corrected chi connectivity index (χ4v) is 3.84. The Bertz CT molecular complexity index is 1180. The molecule has 0 bridgehead atoms. The van der Waals surface area contributed by atoms with Crippen molar-refractivity contribution in [1.82, 2.24) is 10.3 Å². The third-order valence-corrected chi connectivity index (χ3v) is 5.74. The van der Waals surface area contributed by atoms with E-state index in [0.29, 0.717) is 16.1 Å². The normalized spacial score (nSPS) is 13.7. The molecule has 8 heteroatoms. The van der Waals surface area contributed by atoms with Gasteiger partial charge in [0.1, 0.15) is 0 Å². The number of nitrogens with zero attached hydrogens (tertiary/aromatic N) is 3. The third kappa shape index (κ3) is 5.19. The number of nitrogens with one attached hydrogen (secondary N) is 1. The second-order valence-electron chi connectivity index (χ2n) is 7.59. The van der Waals surface area contributed by atoms with Crippen molar-refractivity contribution in [2.24, 2.45) is 5.10 Å². The quantitative estimate of drug-likeness (QED) is 0.340. The number of halogens is 1. The molecular weight excluding hydrogens is 428 g/mol. The second kappa shape index (κ2) is 9.72. The Hall–Kier alpha value is -3.55. The highest BCUT2D eigenvalue weighted by atomic mass is 35.5. The summed E-state index contributed by atoms with van der Waals surface area (Å²) in [5.74, 6) is -0.374. The second-order valence-corrected chi connectivity index (χ2v) is 8.00. The van der Waals surface area contributed by atoms with E-state index in [2.05, 4.69) is 39.7 Å². The molecule has 0 radical (unpaired) electrons. The van der Waals surface area contributed by atoms with E-state index in [1.165, 1.54) is 35.5 Å². The van der Waals surface area contributed by atoms with Crippen LogP contribution in [0.4, 0.5) is 5.69 Å². The third-order valence-electron chi connectivity index (χ3n) is 5.39. The van der Waals surface area contributed by atoms with Gasteiger partial charge in [-0.2, -0.15) is 5.10 Å². The van der Waals surface area contributed by atoms with Crippen LogP contribution in [0.2, 0.25) is 5.02 Å². The minimum atomic E-state index is -0.517. The number of nitro benzene ring substituents is 1. The molecule has 1 aliphatic rings. The summed E-state index contributed by atoms with van der Waals surface area (Å²) in [6.45, 7) is 2.75. The molecule has 3 aromatic carbocycles. The number of rotatable bonds is 6. The molecule has 1 amide bonds. The van der Waals surface area contributed by atoms with Crippen LogP contribution in [0.1, 0.15) is 32.6 Å². The van der Waals surface area contributed by atoms with Gasteiger partial charge in [0.15, 0.2) is 0 Å². The van der Waals surface area contributed by atoms with Crippen LogP contribution in [0.15, 0.2) is 71.8 Å². The molecule has 0 saturated heterocycles. The molecule has 1 heterocycles. The molecule has 0 fully saturated rings. The number of non-ortho nitro benzene ring substituents is 1. The van der Waals surface area contributed by atoms with E-state index < -0.39 is 4.92 Å². The van der Waals surface area contributed by atoms with E-state index in [1.54, 1.807) is 12.1 Å². The molecule has 0 atom stereocenters. The van der Waals surface area contributed by atoms with Crippen molar-refractivity contribution in [3.8, 4) is 0 Å². The summed E-state index contributed by atoms with van der Waals surface area (Å²) in [4.78, 5) is 25.1. The van der Waals surface area contributed by atoms with E-state index in [9.17, 15) is 14.9 Å². The van der Waals surface area contributed by atoms with E-state index in [1.807, 2.05) is 12.1 Å². The van der Waals surface area contributed by atoms with Gasteiger partial charge >= 0.3 is 0 Å². The smallest absolute Gasteiger partial charge is 0.271 e. The summed E-state index contributed by atoms with van der Waals surface area (Å²) < 4.78 is 0. The van der Waals surface area contributed by atoms with Crippen LogP contribution in [0, 0.1) is 10.1 Å². The molecule has 0 unspecified atom stereocenters. The van der Waals surface area contributed by atoms with Crippen LogP contribution in [-0.2, 0) is 19.5 Å². The van der Waals surface area contributed by atoms with Crippen LogP contribution in [0.5, 0.6) is 0 Å². The van der Waals surface area contributed by atoms with Crippen LogP contribution in [-0.4, -0.2) is 28.5 Å². The number of hydrogen-bond donors (Lipinski definition) is 1. The highest BCUT2D eigenvalue weighted by molar-refractivity contribution is 6.33. The fourth-order valence-electron chi connectivity index (χ4n) is 3.68. The average Bonchev–Trinajstić information content (AvgIpc) is 2.80. The maximum atomic E-state index is 12.4. The molecule has 0 saturated carbocycles. The van der Waals surface area contributed by atoms with Crippen molar-refractivity contribution in [3.05, 3.63) is 110 Å². The maximum absolute atomic E-state index is 12.4. The maximum Gasteiger partial charge on any atom is 0.271 e. The Kier molecular flexibility index (Phi) is 6.58. The first-order valence-electron chi connectivity index (χ1n) is 10.1. The van der Waals surface area contributed by atoms with Gasteiger partial charge in [-0.1, -0.05) is 48.0 Å². The highest BCUT2D eigenvalue weighted by Gasteiger charge is 2.16. The van der Waals surface area contributed by atoms with Gasteiger partial charge < -0.3 is 0 Å². The van der Waals surface area contributed by atoms with Crippen LogP contribution < -0.4 is 5.43 Å². The predicted octanol–water partition coefficient (Wildman–Crippen LogP) is 4.57. The summed E-state index contributed by atoms with van der Waals surface area (Å²) in [6.07, 6.45) is 2.33. The topological polar surface area (TPSA) is 87.8 Å². The van der Waals surface area contributed by atoms with E-state index in [0.717, 1.165) is 31.6 Å².